The maximum absolute atomic E-state index is 5.56. The predicted molar refractivity (Wildman–Crippen MR) is 91.4 cm³/mol. The van der Waals surface area contributed by atoms with Crippen molar-refractivity contribution in [2.75, 3.05) is 12.4 Å². The normalized spacial score (nSPS) is 22.9. The van der Waals surface area contributed by atoms with Gasteiger partial charge in [0.2, 0.25) is 0 Å². The Morgan fingerprint density at radius 2 is 1.90 bits per heavy atom. The minimum absolute atomic E-state index is 0.166. The van der Waals surface area contributed by atoms with Crippen LogP contribution in [-0.4, -0.2) is 13.2 Å². The summed E-state index contributed by atoms with van der Waals surface area (Å²) >= 11 is 0. The standard InChI is InChI=1S/C19H31NO/c1-6-14-9-7-8-10-16(14)20-17-13-15(19(2,3)4)11-12-18(17)21-5/h11-14,16,20H,6-10H2,1-5H3. The summed E-state index contributed by atoms with van der Waals surface area (Å²) in [6.45, 7) is 9.09. The molecular formula is C19H31NO. The van der Waals surface area contributed by atoms with Crippen LogP contribution in [0.2, 0.25) is 0 Å². The molecule has 2 rings (SSSR count). The quantitative estimate of drug-likeness (QED) is 0.804. The zero-order valence-corrected chi connectivity index (χ0v) is 14.3. The topological polar surface area (TPSA) is 21.3 Å². The van der Waals surface area contributed by atoms with Crippen molar-refractivity contribution in [2.24, 2.45) is 5.92 Å². The first-order chi connectivity index (χ1) is 9.95. The molecule has 1 aliphatic rings. The maximum atomic E-state index is 5.56. The fourth-order valence-electron chi connectivity index (χ4n) is 3.37. The summed E-state index contributed by atoms with van der Waals surface area (Å²) in [5, 5.41) is 3.79. The molecule has 2 heteroatoms. The molecule has 1 aliphatic carbocycles. The van der Waals surface area contributed by atoms with E-state index in [9.17, 15) is 0 Å². The van der Waals surface area contributed by atoms with Gasteiger partial charge in [0.05, 0.1) is 12.8 Å². The summed E-state index contributed by atoms with van der Waals surface area (Å²) < 4.78 is 5.56. The Labute approximate surface area is 130 Å². The average Bonchev–Trinajstić information content (AvgIpc) is 2.47. The van der Waals surface area contributed by atoms with Gasteiger partial charge in [-0.2, -0.15) is 0 Å². The number of ether oxygens (including phenoxy) is 1. The number of hydrogen-bond donors (Lipinski definition) is 1. The van der Waals surface area contributed by atoms with Gasteiger partial charge in [-0.3, -0.25) is 0 Å². The number of methoxy groups -OCH3 is 1. The third-order valence-electron chi connectivity index (χ3n) is 4.84. The molecule has 1 fully saturated rings. The molecule has 1 saturated carbocycles. The van der Waals surface area contributed by atoms with E-state index in [0.717, 1.165) is 17.4 Å². The number of rotatable bonds is 4. The van der Waals surface area contributed by atoms with Crippen molar-refractivity contribution >= 4 is 5.69 Å². The molecule has 0 saturated heterocycles. The summed E-state index contributed by atoms with van der Waals surface area (Å²) in [5.74, 6) is 1.75. The third kappa shape index (κ3) is 3.93. The first-order valence-corrected chi connectivity index (χ1v) is 8.40. The Kier molecular flexibility index (Phi) is 5.18. The molecule has 0 amide bonds. The van der Waals surface area contributed by atoms with Crippen LogP contribution >= 0.6 is 0 Å². The smallest absolute Gasteiger partial charge is 0.141 e. The lowest BCUT2D eigenvalue weighted by atomic mass is 9.82. The minimum Gasteiger partial charge on any atom is -0.495 e. The zero-order chi connectivity index (χ0) is 15.5. The Bertz CT molecular complexity index is 461. The number of hydrogen-bond acceptors (Lipinski definition) is 2. The van der Waals surface area contributed by atoms with E-state index >= 15 is 0 Å². The van der Waals surface area contributed by atoms with Crippen LogP contribution in [0.5, 0.6) is 5.75 Å². The van der Waals surface area contributed by atoms with E-state index in [0.29, 0.717) is 6.04 Å². The number of nitrogens with one attached hydrogen (secondary N) is 1. The van der Waals surface area contributed by atoms with Gasteiger partial charge in [-0.05, 0) is 41.9 Å². The van der Waals surface area contributed by atoms with E-state index in [1.807, 2.05) is 0 Å². The highest BCUT2D eigenvalue weighted by molar-refractivity contribution is 5.59. The van der Waals surface area contributed by atoms with Gasteiger partial charge in [0, 0.05) is 6.04 Å². The van der Waals surface area contributed by atoms with Crippen LogP contribution in [0, 0.1) is 5.92 Å². The van der Waals surface area contributed by atoms with E-state index in [4.69, 9.17) is 4.74 Å². The SMILES string of the molecule is CCC1CCCCC1Nc1cc(C(C)(C)C)ccc1OC. The molecule has 0 aromatic heterocycles. The van der Waals surface area contributed by atoms with Crippen LogP contribution in [0.15, 0.2) is 18.2 Å². The van der Waals surface area contributed by atoms with Crippen LogP contribution in [-0.2, 0) is 5.41 Å². The zero-order valence-electron chi connectivity index (χ0n) is 14.3. The predicted octanol–water partition coefficient (Wildman–Crippen LogP) is 5.37. The van der Waals surface area contributed by atoms with Gasteiger partial charge >= 0.3 is 0 Å². The molecule has 2 unspecified atom stereocenters. The fraction of sp³-hybridized carbons (Fsp3) is 0.684. The molecule has 0 heterocycles. The van der Waals surface area contributed by atoms with Gasteiger partial charge in [-0.25, -0.2) is 0 Å². The molecule has 0 radical (unpaired) electrons. The minimum atomic E-state index is 0.166. The van der Waals surface area contributed by atoms with Crippen LogP contribution in [0.4, 0.5) is 5.69 Å². The monoisotopic (exact) mass is 289 g/mol. The first-order valence-electron chi connectivity index (χ1n) is 8.40. The first kappa shape index (κ1) is 16.2. The molecule has 0 spiro atoms. The van der Waals surface area contributed by atoms with Crippen molar-refractivity contribution in [2.45, 2.75) is 71.3 Å². The van der Waals surface area contributed by atoms with Gasteiger partial charge in [-0.15, -0.1) is 0 Å². The van der Waals surface area contributed by atoms with Crippen LogP contribution in [0.3, 0.4) is 0 Å². The Morgan fingerprint density at radius 3 is 2.52 bits per heavy atom. The molecule has 1 aromatic rings. The van der Waals surface area contributed by atoms with Gasteiger partial charge < -0.3 is 10.1 Å². The average molecular weight is 289 g/mol. The van der Waals surface area contributed by atoms with Crippen molar-refractivity contribution in [3.63, 3.8) is 0 Å². The summed E-state index contributed by atoms with van der Waals surface area (Å²) in [7, 11) is 1.76. The summed E-state index contributed by atoms with van der Waals surface area (Å²) in [6, 6.07) is 7.16. The molecule has 1 N–H and O–H groups in total. The molecule has 1 aromatic carbocycles. The molecular weight excluding hydrogens is 258 g/mol. The van der Waals surface area contributed by atoms with Crippen LogP contribution in [0.1, 0.15) is 65.4 Å². The van der Waals surface area contributed by atoms with Crippen molar-refractivity contribution in [3.8, 4) is 5.75 Å². The molecule has 2 nitrogen and oxygen atoms in total. The second-order valence-corrected chi connectivity index (χ2v) is 7.37. The van der Waals surface area contributed by atoms with Crippen molar-refractivity contribution in [3.05, 3.63) is 23.8 Å². The molecule has 0 bridgehead atoms. The lowest BCUT2D eigenvalue weighted by Crippen LogP contribution is -2.32. The lowest BCUT2D eigenvalue weighted by molar-refractivity contribution is 0.316. The highest BCUT2D eigenvalue weighted by atomic mass is 16.5. The van der Waals surface area contributed by atoms with Gasteiger partial charge in [-0.1, -0.05) is 53.0 Å². The van der Waals surface area contributed by atoms with Crippen LogP contribution < -0.4 is 10.1 Å². The molecule has 118 valence electrons. The second kappa shape index (κ2) is 6.72. The van der Waals surface area contributed by atoms with Gasteiger partial charge in [0.1, 0.15) is 5.75 Å². The molecule has 0 aliphatic heterocycles. The van der Waals surface area contributed by atoms with Gasteiger partial charge in [0.15, 0.2) is 0 Å². The van der Waals surface area contributed by atoms with Crippen LogP contribution in [0.25, 0.3) is 0 Å². The van der Waals surface area contributed by atoms with Crippen molar-refractivity contribution < 1.29 is 4.74 Å². The van der Waals surface area contributed by atoms with E-state index in [1.54, 1.807) is 7.11 Å². The highest BCUT2D eigenvalue weighted by Crippen LogP contribution is 2.35. The number of anilines is 1. The van der Waals surface area contributed by atoms with Crippen molar-refractivity contribution in [1.29, 1.82) is 0 Å². The van der Waals surface area contributed by atoms with Crippen molar-refractivity contribution in [1.82, 2.24) is 0 Å². The third-order valence-corrected chi connectivity index (χ3v) is 4.84. The maximum Gasteiger partial charge on any atom is 0.141 e. The Hall–Kier alpha value is -1.18. The molecule has 2 atom stereocenters. The Balaban J connectivity index is 2.24. The molecule has 21 heavy (non-hydrogen) atoms. The van der Waals surface area contributed by atoms with Gasteiger partial charge in [0.25, 0.3) is 0 Å². The van der Waals surface area contributed by atoms with E-state index in [-0.39, 0.29) is 5.41 Å². The summed E-state index contributed by atoms with van der Waals surface area (Å²) in [6.07, 6.45) is 6.63. The lowest BCUT2D eigenvalue weighted by Gasteiger charge is -2.33. The highest BCUT2D eigenvalue weighted by Gasteiger charge is 2.25. The summed E-state index contributed by atoms with van der Waals surface area (Å²) in [4.78, 5) is 0. The Morgan fingerprint density at radius 1 is 1.19 bits per heavy atom. The largest absolute Gasteiger partial charge is 0.495 e. The second-order valence-electron chi connectivity index (χ2n) is 7.37. The summed E-state index contributed by atoms with van der Waals surface area (Å²) in [5.41, 5.74) is 2.68. The van der Waals surface area contributed by atoms with E-state index in [1.165, 1.54) is 37.7 Å². The number of benzene rings is 1. The van der Waals surface area contributed by atoms with E-state index < -0.39 is 0 Å². The fourth-order valence-corrected chi connectivity index (χ4v) is 3.37. The van der Waals surface area contributed by atoms with E-state index in [2.05, 4.69) is 51.2 Å².